The monoisotopic (exact) mass is 364 g/mol. The van der Waals surface area contributed by atoms with Crippen molar-refractivity contribution in [2.24, 2.45) is 0 Å². The first kappa shape index (κ1) is 13.7. The Kier molecular flexibility index (Phi) is 3.95. The smallest absolute Gasteiger partial charge is 0.462 e. The molecule has 1 aromatic rings. The van der Waals surface area contributed by atoms with E-state index in [4.69, 9.17) is 0 Å². The van der Waals surface area contributed by atoms with Gasteiger partial charge in [-0.2, -0.15) is 0 Å². The number of ether oxygens (including phenoxy) is 2. The van der Waals surface area contributed by atoms with Gasteiger partial charge in [0, 0.05) is 4.98 Å². The molecule has 0 aliphatic carbocycles. The van der Waals surface area contributed by atoms with Crippen molar-refractivity contribution >= 4 is 28.4 Å². The summed E-state index contributed by atoms with van der Waals surface area (Å²) in [5.74, 6) is -1.82. The highest BCUT2D eigenvalue weighted by Crippen LogP contribution is 2.35. The second kappa shape index (κ2) is 4.89. The fourth-order valence-corrected chi connectivity index (χ4v) is 1.51. The van der Waals surface area contributed by atoms with Crippen LogP contribution < -0.4 is 9.47 Å². The number of hydrogen-bond acceptors (Lipinski definition) is 5. The van der Waals surface area contributed by atoms with E-state index in [1.807, 2.05) is 0 Å². The van der Waals surface area contributed by atoms with E-state index >= 15 is 0 Å². The van der Waals surface area contributed by atoms with E-state index in [2.05, 4.69) is 14.5 Å². The Morgan fingerprint density at radius 2 is 2.12 bits per heavy atom. The van der Waals surface area contributed by atoms with Gasteiger partial charge in [-0.15, -0.1) is 13.2 Å². The van der Waals surface area contributed by atoms with Crippen molar-refractivity contribution in [3.63, 3.8) is 0 Å². The van der Waals surface area contributed by atoms with Gasteiger partial charge in [-0.05, 0) is 27.5 Å². The van der Waals surface area contributed by atoms with Crippen LogP contribution in [0.3, 0.4) is 0 Å². The predicted octanol–water partition coefficient (Wildman–Crippen LogP) is 2.50. The van der Waals surface area contributed by atoms with Gasteiger partial charge in [0.15, 0.2) is 5.75 Å². The lowest BCUT2D eigenvalue weighted by atomic mass is 10.4. The van der Waals surface area contributed by atoms with Crippen molar-refractivity contribution in [1.29, 1.82) is 0 Å². The fourth-order valence-electron chi connectivity index (χ4n) is 0.899. The molecule has 6 nitrogen and oxygen atoms in total. The summed E-state index contributed by atoms with van der Waals surface area (Å²) < 4.78 is 44.3. The summed E-state index contributed by atoms with van der Waals surface area (Å²) in [5.41, 5.74) is 0. The van der Waals surface area contributed by atoms with Crippen LogP contribution in [-0.2, 0) is 0 Å². The maximum absolute atomic E-state index is 12.0. The highest BCUT2D eigenvalue weighted by Gasteiger charge is 2.34. The number of pyridine rings is 1. The highest BCUT2D eigenvalue weighted by molar-refractivity contribution is 14.1. The van der Waals surface area contributed by atoms with E-state index in [0.29, 0.717) is 6.07 Å². The van der Waals surface area contributed by atoms with Crippen molar-refractivity contribution in [1.82, 2.24) is 4.98 Å². The molecule has 0 bridgehead atoms. The lowest BCUT2D eigenvalue weighted by molar-refractivity contribution is -0.389. The van der Waals surface area contributed by atoms with Gasteiger partial charge in [0.05, 0.1) is 13.2 Å². The van der Waals surface area contributed by atoms with Crippen LogP contribution in [0.1, 0.15) is 0 Å². The summed E-state index contributed by atoms with van der Waals surface area (Å²) in [6, 6.07) is 0.581. The molecule has 0 aromatic carbocycles. The lowest BCUT2D eigenvalue weighted by Crippen LogP contribution is -2.18. The van der Waals surface area contributed by atoms with Crippen LogP contribution in [0, 0.1) is 13.7 Å². The predicted molar refractivity (Wildman–Crippen MR) is 56.8 cm³/mol. The molecule has 0 aliphatic heterocycles. The molecule has 0 unspecified atom stereocenters. The quantitative estimate of drug-likeness (QED) is 0.468. The first-order valence-corrected chi connectivity index (χ1v) is 4.97. The molecule has 0 aliphatic rings. The number of aromatic nitrogens is 1. The summed E-state index contributed by atoms with van der Waals surface area (Å²) >= 11 is 1.49. The molecule has 10 heteroatoms. The molecular formula is C7H4F3IN2O4. The average Bonchev–Trinajstić information content (AvgIpc) is 2.18. The molecule has 0 radical (unpaired) electrons. The summed E-state index contributed by atoms with van der Waals surface area (Å²) in [5, 5.41) is 10.4. The van der Waals surface area contributed by atoms with Crippen LogP contribution in [0.4, 0.5) is 19.0 Å². The van der Waals surface area contributed by atoms with Crippen molar-refractivity contribution < 1.29 is 27.6 Å². The second-order valence-corrected chi connectivity index (χ2v) is 3.69. The molecule has 0 spiro atoms. The van der Waals surface area contributed by atoms with Gasteiger partial charge in [-0.3, -0.25) is 0 Å². The Bertz CT molecular complexity index is 451. The molecule has 0 N–H and O–H groups in total. The Morgan fingerprint density at radius 3 is 2.53 bits per heavy atom. The van der Waals surface area contributed by atoms with Crippen LogP contribution in [-0.4, -0.2) is 23.4 Å². The summed E-state index contributed by atoms with van der Waals surface area (Å²) in [6.45, 7) is 0. The number of alkyl halides is 3. The third kappa shape index (κ3) is 3.57. The number of halogens is 4. The van der Waals surface area contributed by atoms with E-state index in [1.165, 1.54) is 22.6 Å². The van der Waals surface area contributed by atoms with Crippen LogP contribution in [0.25, 0.3) is 0 Å². The number of nitrogens with zero attached hydrogens (tertiary/aromatic N) is 2. The SMILES string of the molecule is COc1nc([N+](=O)[O-])cc(OC(F)(F)F)c1I. The largest absolute Gasteiger partial charge is 0.573 e. The average molecular weight is 364 g/mol. The van der Waals surface area contributed by atoms with Crippen LogP contribution >= 0.6 is 22.6 Å². The number of hydrogen-bond donors (Lipinski definition) is 0. The third-order valence-corrected chi connectivity index (χ3v) is 2.48. The van der Waals surface area contributed by atoms with E-state index in [0.717, 1.165) is 7.11 Å². The zero-order valence-electron chi connectivity index (χ0n) is 8.12. The van der Waals surface area contributed by atoms with Crippen LogP contribution in [0.15, 0.2) is 6.07 Å². The van der Waals surface area contributed by atoms with Crippen molar-refractivity contribution in [3.8, 4) is 11.6 Å². The van der Waals surface area contributed by atoms with Gasteiger partial charge < -0.3 is 19.6 Å². The molecule has 0 saturated heterocycles. The molecule has 1 rings (SSSR count). The summed E-state index contributed by atoms with van der Waals surface area (Å²) in [6.07, 6.45) is -4.94. The molecule has 1 aromatic heterocycles. The second-order valence-electron chi connectivity index (χ2n) is 2.61. The molecule has 94 valence electrons. The maximum atomic E-state index is 12.0. The van der Waals surface area contributed by atoms with Crippen molar-refractivity contribution in [2.45, 2.75) is 6.36 Å². The fraction of sp³-hybridized carbons (Fsp3) is 0.286. The van der Waals surface area contributed by atoms with E-state index in [1.54, 1.807) is 0 Å². The van der Waals surface area contributed by atoms with Crippen LogP contribution in [0.5, 0.6) is 11.6 Å². The third-order valence-electron chi connectivity index (χ3n) is 1.49. The summed E-state index contributed by atoms with van der Waals surface area (Å²) in [7, 11) is 1.13. The van der Waals surface area contributed by atoms with E-state index in [-0.39, 0.29) is 9.45 Å². The van der Waals surface area contributed by atoms with Gasteiger partial charge in [0.25, 0.3) is 0 Å². The molecule has 17 heavy (non-hydrogen) atoms. The molecule has 0 fully saturated rings. The molecule has 0 amide bonds. The standard InChI is InChI=1S/C7H4F3IN2O4/c1-16-6-5(11)3(17-7(8,9)10)2-4(12-6)13(14)15/h2H,1H3. The minimum Gasteiger partial charge on any atom is -0.462 e. The van der Waals surface area contributed by atoms with E-state index in [9.17, 15) is 23.3 Å². The molecule has 1 heterocycles. The zero-order valence-corrected chi connectivity index (χ0v) is 10.3. The number of methoxy groups -OCH3 is 1. The highest BCUT2D eigenvalue weighted by atomic mass is 127. The number of rotatable bonds is 3. The van der Waals surface area contributed by atoms with E-state index < -0.39 is 22.9 Å². The minimum absolute atomic E-state index is 0.104. The topological polar surface area (TPSA) is 74.5 Å². The Morgan fingerprint density at radius 1 is 1.53 bits per heavy atom. The number of nitro groups is 1. The minimum atomic E-state index is -4.94. The normalized spacial score (nSPS) is 11.1. The van der Waals surface area contributed by atoms with Gasteiger partial charge in [-0.1, -0.05) is 0 Å². The van der Waals surface area contributed by atoms with Crippen molar-refractivity contribution in [2.75, 3.05) is 7.11 Å². The first-order chi connectivity index (χ1) is 7.74. The molecular weight excluding hydrogens is 360 g/mol. The lowest BCUT2D eigenvalue weighted by Gasteiger charge is -2.10. The van der Waals surface area contributed by atoms with Gasteiger partial charge >= 0.3 is 18.1 Å². The maximum Gasteiger partial charge on any atom is 0.573 e. The first-order valence-electron chi connectivity index (χ1n) is 3.89. The molecule has 0 atom stereocenters. The van der Waals surface area contributed by atoms with Gasteiger partial charge in [-0.25, -0.2) is 0 Å². The van der Waals surface area contributed by atoms with Gasteiger partial charge in [0.2, 0.25) is 0 Å². The Balaban J connectivity index is 3.28. The van der Waals surface area contributed by atoms with Crippen LogP contribution in [0.2, 0.25) is 0 Å². The summed E-state index contributed by atoms with van der Waals surface area (Å²) in [4.78, 5) is 12.9. The Hall–Kier alpha value is -1.33. The van der Waals surface area contributed by atoms with Gasteiger partial charge in [0.1, 0.15) is 3.57 Å². The zero-order chi connectivity index (χ0) is 13.2. The van der Waals surface area contributed by atoms with Crippen molar-refractivity contribution in [3.05, 3.63) is 19.8 Å². The Labute approximate surface area is 106 Å². The molecule has 0 saturated carbocycles.